The standard InChI is InChI=1S/C16H20ClN3O3S3/c1-18(26(22,23)16-5-4-14(17)25-16)12-15(21)20-8-6-19(7-9-20)11-13-3-2-10-24-13/h2-5,10H,6-9,11-12H2,1H3. The first-order valence-corrected chi connectivity index (χ1v) is 11.6. The van der Waals surface area contributed by atoms with Gasteiger partial charge in [-0.15, -0.1) is 22.7 Å². The number of sulfonamides is 1. The summed E-state index contributed by atoms with van der Waals surface area (Å²) in [5, 5.41) is 2.06. The highest BCUT2D eigenvalue weighted by molar-refractivity contribution is 7.91. The number of carbonyl (C=O) groups excluding carboxylic acids is 1. The minimum atomic E-state index is -3.69. The van der Waals surface area contributed by atoms with Crippen LogP contribution in [0.3, 0.4) is 0 Å². The number of hydrogen-bond acceptors (Lipinski definition) is 6. The molecule has 0 aromatic carbocycles. The van der Waals surface area contributed by atoms with E-state index >= 15 is 0 Å². The molecule has 1 aliphatic rings. The monoisotopic (exact) mass is 433 g/mol. The van der Waals surface area contributed by atoms with E-state index in [2.05, 4.69) is 16.3 Å². The van der Waals surface area contributed by atoms with E-state index in [4.69, 9.17) is 11.6 Å². The molecular weight excluding hydrogens is 414 g/mol. The predicted molar refractivity (Wildman–Crippen MR) is 105 cm³/mol. The van der Waals surface area contributed by atoms with Gasteiger partial charge in [0, 0.05) is 44.6 Å². The molecule has 0 atom stereocenters. The van der Waals surface area contributed by atoms with Crippen molar-refractivity contribution in [3.05, 3.63) is 38.9 Å². The lowest BCUT2D eigenvalue weighted by Gasteiger charge is -2.35. The third-order valence-electron chi connectivity index (χ3n) is 4.26. The Kier molecular flexibility index (Phi) is 6.37. The molecule has 2 aromatic rings. The van der Waals surface area contributed by atoms with E-state index in [0.29, 0.717) is 17.4 Å². The van der Waals surface area contributed by atoms with Gasteiger partial charge in [0.05, 0.1) is 10.9 Å². The minimum absolute atomic E-state index is 0.151. The molecule has 1 aliphatic heterocycles. The first-order valence-electron chi connectivity index (χ1n) is 8.10. The predicted octanol–water partition coefficient (Wildman–Crippen LogP) is 2.43. The molecular formula is C16H20ClN3O3S3. The summed E-state index contributed by atoms with van der Waals surface area (Å²) in [5.74, 6) is -0.172. The Morgan fingerprint density at radius 3 is 2.54 bits per heavy atom. The molecule has 0 N–H and O–H groups in total. The molecule has 0 aliphatic carbocycles. The second-order valence-electron chi connectivity index (χ2n) is 6.06. The molecule has 3 heterocycles. The normalized spacial score (nSPS) is 16.3. The van der Waals surface area contributed by atoms with Crippen LogP contribution in [0.15, 0.2) is 33.9 Å². The van der Waals surface area contributed by atoms with Gasteiger partial charge in [-0.2, -0.15) is 4.31 Å². The van der Waals surface area contributed by atoms with Crippen molar-refractivity contribution >= 4 is 50.2 Å². The van der Waals surface area contributed by atoms with Crippen molar-refractivity contribution in [3.8, 4) is 0 Å². The average molecular weight is 434 g/mol. The fourth-order valence-electron chi connectivity index (χ4n) is 2.74. The highest BCUT2D eigenvalue weighted by Crippen LogP contribution is 2.27. The highest BCUT2D eigenvalue weighted by Gasteiger charge is 2.28. The molecule has 1 fully saturated rings. The van der Waals surface area contributed by atoms with Gasteiger partial charge in [-0.1, -0.05) is 17.7 Å². The molecule has 3 rings (SSSR count). The molecule has 0 bridgehead atoms. The fraction of sp³-hybridized carbons (Fsp3) is 0.438. The summed E-state index contributed by atoms with van der Waals surface area (Å²) in [4.78, 5) is 17.9. The Hall–Kier alpha value is -0.970. The van der Waals surface area contributed by atoms with E-state index in [9.17, 15) is 13.2 Å². The van der Waals surface area contributed by atoms with Crippen LogP contribution in [0.2, 0.25) is 4.34 Å². The van der Waals surface area contributed by atoms with E-state index in [-0.39, 0.29) is 16.7 Å². The zero-order valence-electron chi connectivity index (χ0n) is 14.3. The van der Waals surface area contributed by atoms with Gasteiger partial charge < -0.3 is 4.90 Å². The van der Waals surface area contributed by atoms with Crippen molar-refractivity contribution in [1.29, 1.82) is 0 Å². The third-order valence-corrected chi connectivity index (χ3v) is 8.62. The number of likely N-dealkylation sites (N-methyl/N-ethyl adjacent to an activating group) is 1. The quantitative estimate of drug-likeness (QED) is 0.702. The van der Waals surface area contributed by atoms with Crippen LogP contribution in [0.25, 0.3) is 0 Å². The number of halogens is 1. The first-order chi connectivity index (χ1) is 12.4. The van der Waals surface area contributed by atoms with Gasteiger partial charge in [0.2, 0.25) is 5.91 Å². The van der Waals surface area contributed by atoms with Gasteiger partial charge in [0.15, 0.2) is 0 Å². The number of carbonyl (C=O) groups is 1. The minimum Gasteiger partial charge on any atom is -0.339 e. The lowest BCUT2D eigenvalue weighted by atomic mass is 10.3. The Morgan fingerprint density at radius 1 is 1.23 bits per heavy atom. The SMILES string of the molecule is CN(CC(=O)N1CCN(Cc2cccs2)CC1)S(=O)(=O)c1ccc(Cl)s1. The van der Waals surface area contributed by atoms with E-state index in [1.54, 1.807) is 22.3 Å². The van der Waals surface area contributed by atoms with E-state index in [1.807, 2.05) is 6.07 Å². The lowest BCUT2D eigenvalue weighted by molar-refractivity contribution is -0.133. The van der Waals surface area contributed by atoms with Crippen LogP contribution in [0.5, 0.6) is 0 Å². The molecule has 142 valence electrons. The van der Waals surface area contributed by atoms with Crippen molar-refractivity contribution in [2.24, 2.45) is 0 Å². The van der Waals surface area contributed by atoms with Gasteiger partial charge in [-0.05, 0) is 23.6 Å². The van der Waals surface area contributed by atoms with Gasteiger partial charge in [-0.25, -0.2) is 8.42 Å². The number of hydrogen-bond donors (Lipinski definition) is 0. The summed E-state index contributed by atoms with van der Waals surface area (Å²) >= 11 is 8.54. The van der Waals surface area contributed by atoms with Crippen molar-refractivity contribution in [2.75, 3.05) is 39.8 Å². The molecule has 1 amide bonds. The van der Waals surface area contributed by atoms with Crippen LogP contribution < -0.4 is 0 Å². The number of thiophene rings is 2. The first kappa shape index (κ1) is 19.8. The topological polar surface area (TPSA) is 60.9 Å². The second-order valence-corrected chi connectivity index (χ2v) is 11.1. The van der Waals surface area contributed by atoms with E-state index in [1.165, 1.54) is 18.0 Å². The van der Waals surface area contributed by atoms with Gasteiger partial charge >= 0.3 is 0 Å². The summed E-state index contributed by atoms with van der Waals surface area (Å²) in [7, 11) is -2.26. The second kappa shape index (κ2) is 8.37. The maximum absolute atomic E-state index is 12.5. The Bertz CT molecular complexity index is 843. The number of piperazine rings is 1. The molecule has 2 aromatic heterocycles. The van der Waals surface area contributed by atoms with Gasteiger partial charge in [0.1, 0.15) is 4.21 Å². The Balaban J connectivity index is 1.52. The largest absolute Gasteiger partial charge is 0.339 e. The number of amides is 1. The zero-order chi connectivity index (χ0) is 18.7. The summed E-state index contributed by atoms with van der Waals surface area (Å²) in [5.41, 5.74) is 0. The molecule has 6 nitrogen and oxygen atoms in total. The van der Waals surface area contributed by atoms with Crippen LogP contribution in [0.1, 0.15) is 4.88 Å². The summed E-state index contributed by atoms with van der Waals surface area (Å²) in [6.07, 6.45) is 0. The Labute approximate surface area is 166 Å². The molecule has 0 radical (unpaired) electrons. The molecule has 10 heteroatoms. The Morgan fingerprint density at radius 2 is 1.96 bits per heavy atom. The number of rotatable bonds is 6. The van der Waals surface area contributed by atoms with E-state index < -0.39 is 10.0 Å². The smallest absolute Gasteiger partial charge is 0.252 e. The molecule has 1 saturated heterocycles. The van der Waals surface area contributed by atoms with E-state index in [0.717, 1.165) is 35.3 Å². The van der Waals surface area contributed by atoms with Crippen molar-refractivity contribution in [2.45, 2.75) is 10.8 Å². The van der Waals surface area contributed by atoms with Crippen LogP contribution in [-0.4, -0.2) is 68.2 Å². The van der Waals surface area contributed by atoms with Crippen molar-refractivity contribution in [3.63, 3.8) is 0 Å². The highest BCUT2D eigenvalue weighted by atomic mass is 35.5. The summed E-state index contributed by atoms with van der Waals surface area (Å²) in [6, 6.07) is 7.16. The van der Waals surface area contributed by atoms with Crippen LogP contribution in [0, 0.1) is 0 Å². The van der Waals surface area contributed by atoms with Crippen LogP contribution in [-0.2, 0) is 21.4 Å². The summed E-state index contributed by atoms with van der Waals surface area (Å²) < 4.78 is 26.6. The zero-order valence-corrected chi connectivity index (χ0v) is 17.5. The molecule has 0 unspecified atom stereocenters. The van der Waals surface area contributed by atoms with Crippen molar-refractivity contribution in [1.82, 2.24) is 14.1 Å². The average Bonchev–Trinajstić information content (AvgIpc) is 3.27. The van der Waals surface area contributed by atoms with Crippen LogP contribution in [0.4, 0.5) is 0 Å². The lowest BCUT2D eigenvalue weighted by Crippen LogP contribution is -2.50. The fourth-order valence-corrected chi connectivity index (χ4v) is 6.30. The molecule has 26 heavy (non-hydrogen) atoms. The van der Waals surface area contributed by atoms with Crippen molar-refractivity contribution < 1.29 is 13.2 Å². The maximum Gasteiger partial charge on any atom is 0.252 e. The van der Waals surface area contributed by atoms with Gasteiger partial charge in [0.25, 0.3) is 10.0 Å². The molecule has 0 saturated carbocycles. The third kappa shape index (κ3) is 4.65. The number of nitrogens with zero attached hydrogens (tertiary/aromatic N) is 3. The molecule has 0 spiro atoms. The summed E-state index contributed by atoms with van der Waals surface area (Å²) in [6.45, 7) is 3.54. The van der Waals surface area contributed by atoms with Gasteiger partial charge in [-0.3, -0.25) is 9.69 Å². The van der Waals surface area contributed by atoms with Crippen LogP contribution >= 0.6 is 34.3 Å². The maximum atomic E-state index is 12.5.